The van der Waals surface area contributed by atoms with Gasteiger partial charge < -0.3 is 10.6 Å². The monoisotopic (exact) mass is 249 g/mol. The first kappa shape index (κ1) is 14.5. The van der Waals surface area contributed by atoms with Crippen molar-refractivity contribution in [2.24, 2.45) is 5.41 Å². The molecule has 0 bridgehead atoms. The van der Waals surface area contributed by atoms with Crippen molar-refractivity contribution in [3.8, 4) is 0 Å². The van der Waals surface area contributed by atoms with E-state index in [1.165, 1.54) is 0 Å². The number of nitrogens with one attached hydrogen (secondary N) is 2. The first-order chi connectivity index (χ1) is 8.34. The largest absolute Gasteiger partial charge is 0.382 e. The number of hydrogen-bond donors (Lipinski definition) is 2. The lowest BCUT2D eigenvalue weighted by molar-refractivity contribution is 0.0951. The van der Waals surface area contributed by atoms with Gasteiger partial charge in [0.15, 0.2) is 0 Å². The molecule has 1 aromatic heterocycles. The van der Waals surface area contributed by atoms with Crippen molar-refractivity contribution >= 4 is 11.6 Å². The molecule has 0 saturated carbocycles. The van der Waals surface area contributed by atoms with Gasteiger partial charge in [0.05, 0.1) is 0 Å². The number of pyridine rings is 1. The third-order valence-corrected chi connectivity index (χ3v) is 3.01. The molecule has 1 atom stereocenters. The standard InChI is InChI=1S/C14H23N3O/c1-6-15-13(18)12-9-11(7-8-16-12)17-10(2)14(3,4)5/h7-10H,6H2,1-5H3,(H,15,18)(H,16,17). The third-order valence-electron chi connectivity index (χ3n) is 3.01. The molecule has 0 aliphatic heterocycles. The Kier molecular flexibility index (Phi) is 4.70. The van der Waals surface area contributed by atoms with Crippen LogP contribution in [0.2, 0.25) is 0 Å². The highest BCUT2D eigenvalue weighted by atomic mass is 16.1. The number of amides is 1. The number of aromatic nitrogens is 1. The predicted octanol–water partition coefficient (Wildman–Crippen LogP) is 2.68. The summed E-state index contributed by atoms with van der Waals surface area (Å²) in [5, 5.41) is 6.14. The van der Waals surface area contributed by atoms with Crippen molar-refractivity contribution in [1.82, 2.24) is 10.3 Å². The minimum atomic E-state index is -0.135. The van der Waals surface area contributed by atoms with E-state index in [-0.39, 0.29) is 11.3 Å². The van der Waals surface area contributed by atoms with Gasteiger partial charge in [-0.3, -0.25) is 9.78 Å². The van der Waals surface area contributed by atoms with E-state index < -0.39 is 0 Å². The van der Waals surface area contributed by atoms with Crippen LogP contribution in [0.4, 0.5) is 5.69 Å². The molecule has 0 aliphatic carbocycles. The van der Waals surface area contributed by atoms with Crippen LogP contribution in [0.15, 0.2) is 18.3 Å². The smallest absolute Gasteiger partial charge is 0.269 e. The zero-order valence-electron chi connectivity index (χ0n) is 11.9. The van der Waals surface area contributed by atoms with Crippen LogP contribution >= 0.6 is 0 Å². The molecule has 0 aromatic carbocycles. The van der Waals surface area contributed by atoms with E-state index in [0.29, 0.717) is 18.3 Å². The Hall–Kier alpha value is -1.58. The minimum absolute atomic E-state index is 0.135. The number of anilines is 1. The van der Waals surface area contributed by atoms with E-state index in [0.717, 1.165) is 5.69 Å². The van der Waals surface area contributed by atoms with Crippen LogP contribution in [0.25, 0.3) is 0 Å². The Balaban J connectivity index is 2.80. The molecule has 1 heterocycles. The molecule has 4 heteroatoms. The van der Waals surface area contributed by atoms with Gasteiger partial charge in [0, 0.05) is 24.5 Å². The maximum absolute atomic E-state index is 11.7. The van der Waals surface area contributed by atoms with Gasteiger partial charge in [0.2, 0.25) is 0 Å². The summed E-state index contributed by atoms with van der Waals surface area (Å²) in [5.41, 5.74) is 1.53. The number of rotatable bonds is 4. The molecule has 1 aromatic rings. The lowest BCUT2D eigenvalue weighted by Gasteiger charge is -2.29. The van der Waals surface area contributed by atoms with Crippen molar-refractivity contribution in [3.63, 3.8) is 0 Å². The highest BCUT2D eigenvalue weighted by Crippen LogP contribution is 2.22. The second kappa shape index (κ2) is 5.85. The molecule has 0 fully saturated rings. The van der Waals surface area contributed by atoms with Gasteiger partial charge in [-0.15, -0.1) is 0 Å². The van der Waals surface area contributed by atoms with E-state index in [1.54, 1.807) is 12.3 Å². The Bertz CT molecular complexity index is 410. The second-order valence-electron chi connectivity index (χ2n) is 5.52. The molecule has 0 spiro atoms. The Labute approximate surface area is 109 Å². The van der Waals surface area contributed by atoms with E-state index in [1.807, 2.05) is 13.0 Å². The SMILES string of the molecule is CCNC(=O)c1cc(NC(C)C(C)(C)C)ccn1. The Morgan fingerprint density at radius 2 is 2.11 bits per heavy atom. The summed E-state index contributed by atoms with van der Waals surface area (Å²) < 4.78 is 0. The van der Waals surface area contributed by atoms with Crippen LogP contribution in [0.1, 0.15) is 45.1 Å². The van der Waals surface area contributed by atoms with Gasteiger partial charge in [-0.05, 0) is 31.4 Å². The number of carbonyl (C=O) groups excluding carboxylic acids is 1. The maximum Gasteiger partial charge on any atom is 0.269 e. The molecule has 2 N–H and O–H groups in total. The third kappa shape index (κ3) is 4.02. The first-order valence-electron chi connectivity index (χ1n) is 6.35. The molecule has 1 rings (SSSR count). The summed E-state index contributed by atoms with van der Waals surface area (Å²) in [7, 11) is 0. The van der Waals surface area contributed by atoms with E-state index in [2.05, 4.69) is 43.3 Å². The van der Waals surface area contributed by atoms with Crippen LogP contribution in [-0.4, -0.2) is 23.5 Å². The lowest BCUT2D eigenvalue weighted by atomic mass is 9.88. The molecule has 0 radical (unpaired) electrons. The predicted molar refractivity (Wildman–Crippen MR) is 74.8 cm³/mol. The van der Waals surface area contributed by atoms with Crippen molar-refractivity contribution in [2.75, 3.05) is 11.9 Å². The molecule has 18 heavy (non-hydrogen) atoms. The molecule has 0 saturated heterocycles. The average Bonchev–Trinajstić information content (AvgIpc) is 2.28. The molecule has 100 valence electrons. The van der Waals surface area contributed by atoms with Gasteiger partial charge in [-0.25, -0.2) is 0 Å². The zero-order chi connectivity index (χ0) is 13.8. The fourth-order valence-electron chi connectivity index (χ4n) is 1.36. The molecule has 0 aliphatic rings. The molecule has 1 amide bonds. The number of nitrogens with zero attached hydrogens (tertiary/aromatic N) is 1. The summed E-state index contributed by atoms with van der Waals surface area (Å²) in [6.45, 7) is 11.2. The fraction of sp³-hybridized carbons (Fsp3) is 0.571. The van der Waals surface area contributed by atoms with Crippen LogP contribution < -0.4 is 10.6 Å². The first-order valence-corrected chi connectivity index (χ1v) is 6.35. The van der Waals surface area contributed by atoms with Crippen LogP contribution in [0.3, 0.4) is 0 Å². The molecular formula is C14H23N3O. The molecular weight excluding hydrogens is 226 g/mol. The van der Waals surface area contributed by atoms with Gasteiger partial charge in [0.25, 0.3) is 5.91 Å². The van der Waals surface area contributed by atoms with Gasteiger partial charge in [-0.1, -0.05) is 20.8 Å². The lowest BCUT2D eigenvalue weighted by Crippen LogP contribution is -2.31. The quantitative estimate of drug-likeness (QED) is 0.862. The number of hydrogen-bond acceptors (Lipinski definition) is 3. The maximum atomic E-state index is 11.7. The van der Waals surface area contributed by atoms with E-state index in [4.69, 9.17) is 0 Å². The summed E-state index contributed by atoms with van der Waals surface area (Å²) >= 11 is 0. The molecule has 4 nitrogen and oxygen atoms in total. The highest BCUT2D eigenvalue weighted by Gasteiger charge is 2.19. The van der Waals surface area contributed by atoms with Crippen molar-refractivity contribution < 1.29 is 4.79 Å². The van der Waals surface area contributed by atoms with Crippen LogP contribution in [0, 0.1) is 5.41 Å². The van der Waals surface area contributed by atoms with Crippen LogP contribution in [-0.2, 0) is 0 Å². The van der Waals surface area contributed by atoms with Crippen LogP contribution in [0.5, 0.6) is 0 Å². The van der Waals surface area contributed by atoms with Gasteiger partial charge >= 0.3 is 0 Å². The fourth-order valence-corrected chi connectivity index (χ4v) is 1.36. The van der Waals surface area contributed by atoms with E-state index in [9.17, 15) is 4.79 Å². The van der Waals surface area contributed by atoms with Gasteiger partial charge in [0.1, 0.15) is 5.69 Å². The second-order valence-corrected chi connectivity index (χ2v) is 5.52. The normalized spacial score (nSPS) is 12.9. The topological polar surface area (TPSA) is 54.0 Å². The van der Waals surface area contributed by atoms with E-state index >= 15 is 0 Å². The Morgan fingerprint density at radius 3 is 2.67 bits per heavy atom. The summed E-state index contributed by atoms with van der Waals surface area (Å²) in [6.07, 6.45) is 1.66. The summed E-state index contributed by atoms with van der Waals surface area (Å²) in [4.78, 5) is 15.8. The Morgan fingerprint density at radius 1 is 1.44 bits per heavy atom. The average molecular weight is 249 g/mol. The minimum Gasteiger partial charge on any atom is -0.382 e. The molecule has 1 unspecified atom stereocenters. The van der Waals surface area contributed by atoms with Crippen molar-refractivity contribution in [2.45, 2.75) is 40.7 Å². The summed E-state index contributed by atoms with van der Waals surface area (Å²) in [5.74, 6) is -0.135. The highest BCUT2D eigenvalue weighted by molar-refractivity contribution is 5.93. The van der Waals surface area contributed by atoms with Gasteiger partial charge in [-0.2, -0.15) is 0 Å². The number of carbonyl (C=O) groups is 1. The summed E-state index contributed by atoms with van der Waals surface area (Å²) in [6, 6.07) is 3.97. The van der Waals surface area contributed by atoms with Crippen molar-refractivity contribution in [1.29, 1.82) is 0 Å². The zero-order valence-corrected chi connectivity index (χ0v) is 11.9. The van der Waals surface area contributed by atoms with Crippen molar-refractivity contribution in [3.05, 3.63) is 24.0 Å².